The second-order valence-electron chi connectivity index (χ2n) is 1.92. The van der Waals surface area contributed by atoms with Crippen molar-refractivity contribution in [2.24, 2.45) is 0 Å². The van der Waals surface area contributed by atoms with Crippen molar-refractivity contribution in [2.45, 2.75) is 13.3 Å². The smallest absolute Gasteiger partial charge is 0.0406 e. The average Bonchev–Trinajstić information content (AvgIpc) is 2.07. The highest BCUT2D eigenvalue weighted by Gasteiger charge is 1.66. The Balaban J connectivity index is 0.000000218. The Kier molecular flexibility index (Phi) is 8.27. The minimum atomic E-state index is 0.874. The average molecular weight is 281 g/mol. The predicted octanol–water partition coefficient (Wildman–Crippen LogP) is 3.58. The van der Waals surface area contributed by atoms with Crippen molar-refractivity contribution in [1.82, 2.24) is 4.98 Å². The Hall–Kier alpha value is 0.1000. The van der Waals surface area contributed by atoms with E-state index in [2.05, 4.69) is 34.5 Å². The first kappa shape index (κ1) is 11.1. The summed E-state index contributed by atoms with van der Waals surface area (Å²) in [4.78, 5) is 2.87. The van der Waals surface area contributed by atoms with Crippen LogP contribution in [0, 0.1) is 4.51 Å². The molecule has 0 spiro atoms. The zero-order chi connectivity index (χ0) is 8.53. The summed E-state index contributed by atoms with van der Waals surface area (Å²) >= 11 is 7.14. The van der Waals surface area contributed by atoms with Crippen LogP contribution in [0.15, 0.2) is 24.5 Å². The summed E-state index contributed by atoms with van der Waals surface area (Å²) in [6.45, 7) is 2.17. The highest BCUT2D eigenvalue weighted by atomic mass is 127. The van der Waals surface area contributed by atoms with Crippen LogP contribution in [0.25, 0.3) is 0 Å². The largest absolute Gasteiger partial charge is 0.368 e. The maximum atomic E-state index is 4.79. The van der Waals surface area contributed by atoms with E-state index in [-0.39, 0.29) is 0 Å². The Labute approximate surface area is 86.4 Å². The summed E-state index contributed by atoms with van der Waals surface area (Å²) in [5.41, 5.74) is 0. The van der Waals surface area contributed by atoms with Crippen molar-refractivity contribution in [2.75, 3.05) is 4.43 Å². The molecule has 3 heteroatoms. The van der Waals surface area contributed by atoms with Crippen LogP contribution < -0.4 is 0 Å². The fourth-order valence-electron chi connectivity index (χ4n) is 0.372. The van der Waals surface area contributed by atoms with E-state index in [9.17, 15) is 0 Å². The van der Waals surface area contributed by atoms with E-state index in [1.165, 1.54) is 10.8 Å². The van der Waals surface area contributed by atoms with E-state index < -0.39 is 0 Å². The van der Waals surface area contributed by atoms with Gasteiger partial charge in [0.15, 0.2) is 0 Å². The number of nitrogens with one attached hydrogen (secondary N) is 1. The molecule has 0 atom stereocenters. The van der Waals surface area contributed by atoms with Gasteiger partial charge in [-0.05, 0) is 23.0 Å². The van der Waals surface area contributed by atoms with Crippen LogP contribution >= 0.6 is 34.8 Å². The normalized spacial score (nSPS) is 8.18. The van der Waals surface area contributed by atoms with Gasteiger partial charge in [0, 0.05) is 16.9 Å². The highest BCUT2D eigenvalue weighted by Crippen LogP contribution is 1.82. The molecule has 0 saturated heterocycles. The monoisotopic (exact) mass is 281 g/mol. The van der Waals surface area contributed by atoms with Crippen LogP contribution in [0.3, 0.4) is 0 Å². The second-order valence-corrected chi connectivity index (χ2v) is 3.47. The van der Waals surface area contributed by atoms with E-state index in [1.54, 1.807) is 0 Å². The third-order valence-electron chi connectivity index (χ3n) is 0.877. The van der Waals surface area contributed by atoms with Gasteiger partial charge in [-0.3, -0.25) is 0 Å². The zero-order valence-electron chi connectivity index (χ0n) is 6.51. The summed E-state index contributed by atoms with van der Waals surface area (Å²) in [5, 5.41) is 0. The van der Waals surface area contributed by atoms with Crippen LogP contribution in [0.2, 0.25) is 0 Å². The summed E-state index contributed by atoms with van der Waals surface area (Å²) in [5.74, 6) is 0. The maximum absolute atomic E-state index is 4.79. The van der Waals surface area contributed by atoms with Crippen LogP contribution in [0.1, 0.15) is 13.3 Å². The molecule has 1 aromatic heterocycles. The molecule has 0 amide bonds. The Bertz CT molecular complexity index is 202. The Morgan fingerprint density at radius 1 is 1.45 bits per heavy atom. The van der Waals surface area contributed by atoms with E-state index in [4.69, 9.17) is 12.2 Å². The van der Waals surface area contributed by atoms with Gasteiger partial charge in [0.2, 0.25) is 0 Å². The number of H-pyrrole nitrogens is 1. The minimum absolute atomic E-state index is 0.874. The molecular weight excluding hydrogens is 269 g/mol. The zero-order valence-corrected chi connectivity index (χ0v) is 9.48. The molecule has 0 radical (unpaired) electrons. The lowest BCUT2D eigenvalue weighted by Crippen LogP contribution is -1.62. The highest BCUT2D eigenvalue weighted by molar-refractivity contribution is 14.1. The molecule has 1 aromatic rings. The lowest BCUT2D eigenvalue weighted by molar-refractivity contribution is 1.13. The molecule has 0 unspecified atom stereocenters. The molecule has 0 aliphatic heterocycles. The van der Waals surface area contributed by atoms with Crippen molar-refractivity contribution in [3.05, 3.63) is 29.0 Å². The number of hydrogen-bond acceptors (Lipinski definition) is 1. The molecule has 1 heterocycles. The van der Waals surface area contributed by atoms with Crippen LogP contribution in [-0.4, -0.2) is 9.41 Å². The van der Waals surface area contributed by atoms with E-state index in [0.717, 1.165) is 4.51 Å². The molecule has 1 rings (SSSR count). The molecular formula is C8H12INS. The molecule has 0 aromatic carbocycles. The first-order chi connectivity index (χ1) is 5.31. The van der Waals surface area contributed by atoms with Gasteiger partial charge < -0.3 is 4.98 Å². The summed E-state index contributed by atoms with van der Waals surface area (Å²) in [6, 6.07) is 3.69. The van der Waals surface area contributed by atoms with Gasteiger partial charge in [-0.15, -0.1) is 0 Å². The third kappa shape index (κ3) is 8.00. The first-order valence-corrected chi connectivity index (χ1v) is 5.43. The number of hydrogen-bond donors (Lipinski definition) is 1. The fourth-order valence-corrected chi connectivity index (χ4v) is 0.508. The summed E-state index contributed by atoms with van der Waals surface area (Å²) in [7, 11) is 0. The number of pyridine rings is 1. The van der Waals surface area contributed by atoms with Crippen molar-refractivity contribution in [3.8, 4) is 0 Å². The standard InChI is InChI=1S/C5H5NS.C3H7I/c7-5-1-3-6-4-2-5;1-2-3-4/h1-4H,(H,6,7);2-3H2,1H3. The minimum Gasteiger partial charge on any atom is -0.368 e. The van der Waals surface area contributed by atoms with Gasteiger partial charge >= 0.3 is 0 Å². The van der Waals surface area contributed by atoms with Gasteiger partial charge in [0.25, 0.3) is 0 Å². The Morgan fingerprint density at radius 2 is 1.91 bits per heavy atom. The second kappa shape index (κ2) is 8.20. The third-order valence-corrected chi connectivity index (χ3v) is 2.23. The summed E-state index contributed by atoms with van der Waals surface area (Å²) in [6.07, 6.45) is 4.92. The lowest BCUT2D eigenvalue weighted by atomic mass is 10.5. The van der Waals surface area contributed by atoms with Gasteiger partial charge in [0.05, 0.1) is 0 Å². The molecule has 0 bridgehead atoms. The molecule has 0 fully saturated rings. The first-order valence-electron chi connectivity index (χ1n) is 3.50. The van der Waals surface area contributed by atoms with Gasteiger partial charge in [0.1, 0.15) is 0 Å². The number of aromatic nitrogens is 1. The fraction of sp³-hybridized carbons (Fsp3) is 0.375. The van der Waals surface area contributed by atoms with Gasteiger partial charge in [-0.25, -0.2) is 0 Å². The number of aromatic amines is 1. The molecule has 0 saturated carbocycles. The van der Waals surface area contributed by atoms with Crippen molar-refractivity contribution >= 4 is 34.8 Å². The molecule has 1 N–H and O–H groups in total. The van der Waals surface area contributed by atoms with E-state index >= 15 is 0 Å². The Morgan fingerprint density at radius 3 is 2.09 bits per heavy atom. The molecule has 1 nitrogen and oxygen atoms in total. The number of halogens is 1. The maximum Gasteiger partial charge on any atom is 0.0406 e. The van der Waals surface area contributed by atoms with Crippen LogP contribution in [0.4, 0.5) is 0 Å². The summed E-state index contributed by atoms with van der Waals surface area (Å²) < 4.78 is 2.16. The SMILES string of the molecule is CCCI.S=c1cc[nH]cc1. The van der Waals surface area contributed by atoms with Gasteiger partial charge in [-0.2, -0.15) is 0 Å². The number of alkyl halides is 1. The molecule has 62 valence electrons. The molecule has 0 aliphatic rings. The molecule has 11 heavy (non-hydrogen) atoms. The van der Waals surface area contributed by atoms with Gasteiger partial charge in [-0.1, -0.05) is 41.7 Å². The van der Waals surface area contributed by atoms with Crippen LogP contribution in [-0.2, 0) is 0 Å². The van der Waals surface area contributed by atoms with Crippen molar-refractivity contribution < 1.29 is 0 Å². The topological polar surface area (TPSA) is 15.8 Å². The van der Waals surface area contributed by atoms with E-state index in [1.807, 2.05) is 24.5 Å². The lowest BCUT2D eigenvalue weighted by Gasteiger charge is -1.75. The quantitative estimate of drug-likeness (QED) is 0.472. The van der Waals surface area contributed by atoms with Crippen molar-refractivity contribution in [1.29, 1.82) is 0 Å². The molecule has 0 aliphatic carbocycles. The van der Waals surface area contributed by atoms with Crippen molar-refractivity contribution in [3.63, 3.8) is 0 Å². The predicted molar refractivity (Wildman–Crippen MR) is 60.8 cm³/mol. The van der Waals surface area contributed by atoms with E-state index in [0.29, 0.717) is 0 Å². The van der Waals surface area contributed by atoms with Crippen LogP contribution in [0.5, 0.6) is 0 Å². The number of rotatable bonds is 1.